The number of amides is 1. The molecular weight excluding hydrogens is 410 g/mol. The van der Waals surface area contributed by atoms with E-state index >= 15 is 0 Å². The SMILES string of the molecule is CCN(CC)C(=O)CSc1nc2ccccc2c(=O)n1-c1ccc(OC)c(Cl)c1. The zero-order chi connectivity index (χ0) is 21.0. The standard InChI is InChI=1S/C21H22ClN3O3S/c1-4-24(5-2)19(26)13-29-21-23-17-9-7-6-8-15(17)20(27)25(21)14-10-11-18(28-3)16(22)12-14/h6-12H,4-5,13H2,1-3H3. The number of nitrogens with zero attached hydrogens (tertiary/aromatic N) is 3. The minimum absolute atomic E-state index is 0.00159. The number of carbonyl (C=O) groups is 1. The van der Waals surface area contributed by atoms with Crippen LogP contribution in [0, 0.1) is 0 Å². The molecule has 0 radical (unpaired) electrons. The number of benzene rings is 2. The summed E-state index contributed by atoms with van der Waals surface area (Å²) in [6, 6.07) is 12.3. The highest BCUT2D eigenvalue weighted by Gasteiger charge is 2.17. The third-order valence-electron chi connectivity index (χ3n) is 4.58. The van der Waals surface area contributed by atoms with Crippen molar-refractivity contribution in [3.63, 3.8) is 0 Å². The second kappa shape index (κ2) is 9.33. The Bertz CT molecular complexity index is 1100. The van der Waals surface area contributed by atoms with E-state index in [2.05, 4.69) is 4.98 Å². The monoisotopic (exact) mass is 431 g/mol. The van der Waals surface area contributed by atoms with Crippen molar-refractivity contribution in [3.8, 4) is 11.4 Å². The molecule has 29 heavy (non-hydrogen) atoms. The Balaban J connectivity index is 2.10. The number of ether oxygens (including phenoxy) is 1. The van der Waals surface area contributed by atoms with Gasteiger partial charge in [0.25, 0.3) is 5.56 Å². The third kappa shape index (κ3) is 4.41. The van der Waals surface area contributed by atoms with Crippen molar-refractivity contribution in [3.05, 3.63) is 57.8 Å². The molecule has 1 amide bonds. The molecule has 1 aromatic heterocycles. The van der Waals surface area contributed by atoms with Crippen molar-refractivity contribution in [2.45, 2.75) is 19.0 Å². The molecule has 0 unspecified atom stereocenters. The summed E-state index contributed by atoms with van der Waals surface area (Å²) in [5, 5.41) is 1.33. The number of hydrogen-bond donors (Lipinski definition) is 0. The fourth-order valence-electron chi connectivity index (χ4n) is 3.03. The van der Waals surface area contributed by atoms with Gasteiger partial charge in [0.1, 0.15) is 5.75 Å². The number of para-hydroxylation sites is 1. The number of methoxy groups -OCH3 is 1. The van der Waals surface area contributed by atoms with Crippen molar-refractivity contribution in [1.82, 2.24) is 14.5 Å². The van der Waals surface area contributed by atoms with E-state index < -0.39 is 0 Å². The molecular formula is C21H22ClN3O3S. The fraction of sp³-hybridized carbons (Fsp3) is 0.286. The minimum atomic E-state index is -0.213. The molecule has 0 atom stereocenters. The number of hydrogen-bond acceptors (Lipinski definition) is 5. The van der Waals surface area contributed by atoms with Crippen LogP contribution in [0.1, 0.15) is 13.8 Å². The topological polar surface area (TPSA) is 64.4 Å². The third-order valence-corrected chi connectivity index (χ3v) is 5.80. The number of carbonyl (C=O) groups excluding carboxylic acids is 1. The van der Waals surface area contributed by atoms with Crippen molar-refractivity contribution in [1.29, 1.82) is 0 Å². The van der Waals surface area contributed by atoms with Gasteiger partial charge in [0.15, 0.2) is 5.16 Å². The van der Waals surface area contributed by atoms with E-state index in [9.17, 15) is 9.59 Å². The van der Waals surface area contributed by atoms with Gasteiger partial charge in [-0.2, -0.15) is 0 Å². The maximum absolute atomic E-state index is 13.2. The van der Waals surface area contributed by atoms with Crippen LogP contribution in [0.25, 0.3) is 16.6 Å². The number of thioether (sulfide) groups is 1. The van der Waals surface area contributed by atoms with Crippen molar-refractivity contribution >= 4 is 40.2 Å². The summed E-state index contributed by atoms with van der Waals surface area (Å²) >= 11 is 7.52. The van der Waals surface area contributed by atoms with E-state index in [1.165, 1.54) is 23.4 Å². The molecule has 152 valence electrons. The van der Waals surface area contributed by atoms with Crippen LogP contribution in [0.5, 0.6) is 5.75 Å². The van der Waals surface area contributed by atoms with Gasteiger partial charge in [0.05, 0.1) is 34.5 Å². The van der Waals surface area contributed by atoms with Gasteiger partial charge >= 0.3 is 0 Å². The fourth-order valence-corrected chi connectivity index (χ4v) is 4.19. The first kappa shape index (κ1) is 21.2. The van der Waals surface area contributed by atoms with Crippen molar-refractivity contribution in [2.75, 3.05) is 26.0 Å². The van der Waals surface area contributed by atoms with Crippen LogP contribution in [0.2, 0.25) is 5.02 Å². The Labute approximate surface area is 178 Å². The molecule has 0 fully saturated rings. The highest BCUT2D eigenvalue weighted by Crippen LogP contribution is 2.28. The Hall–Kier alpha value is -2.51. The Morgan fingerprint density at radius 1 is 1.21 bits per heavy atom. The van der Waals surface area contributed by atoms with Gasteiger partial charge in [-0.25, -0.2) is 4.98 Å². The predicted octanol–water partition coefficient (Wildman–Crippen LogP) is 4.01. The quantitative estimate of drug-likeness (QED) is 0.417. The summed E-state index contributed by atoms with van der Waals surface area (Å²) in [4.78, 5) is 32.1. The average Bonchev–Trinajstić information content (AvgIpc) is 2.73. The number of aromatic nitrogens is 2. The molecule has 0 aliphatic carbocycles. The van der Waals surface area contributed by atoms with E-state index in [0.29, 0.717) is 45.6 Å². The molecule has 0 aliphatic rings. The molecule has 3 rings (SSSR count). The van der Waals surface area contributed by atoms with E-state index in [-0.39, 0.29) is 17.2 Å². The highest BCUT2D eigenvalue weighted by molar-refractivity contribution is 7.99. The van der Waals surface area contributed by atoms with Gasteiger partial charge in [-0.3, -0.25) is 14.2 Å². The zero-order valence-electron chi connectivity index (χ0n) is 16.5. The van der Waals surface area contributed by atoms with Gasteiger partial charge in [-0.15, -0.1) is 0 Å². The normalized spacial score (nSPS) is 10.9. The van der Waals surface area contributed by atoms with Crippen molar-refractivity contribution in [2.24, 2.45) is 0 Å². The van der Waals surface area contributed by atoms with Gasteiger partial charge in [0.2, 0.25) is 5.91 Å². The smallest absolute Gasteiger partial charge is 0.266 e. The summed E-state index contributed by atoms with van der Waals surface area (Å²) in [7, 11) is 1.53. The first-order valence-corrected chi connectivity index (χ1v) is 10.6. The maximum atomic E-state index is 13.2. The Morgan fingerprint density at radius 2 is 1.93 bits per heavy atom. The second-order valence-corrected chi connectivity index (χ2v) is 7.58. The number of halogens is 1. The van der Waals surface area contributed by atoms with Crippen LogP contribution in [-0.2, 0) is 4.79 Å². The van der Waals surface area contributed by atoms with E-state index in [0.717, 1.165) is 0 Å². The first-order valence-electron chi connectivity index (χ1n) is 9.26. The largest absolute Gasteiger partial charge is 0.495 e. The van der Waals surface area contributed by atoms with Crippen LogP contribution in [0.3, 0.4) is 0 Å². The van der Waals surface area contributed by atoms with Gasteiger partial charge in [-0.05, 0) is 44.2 Å². The highest BCUT2D eigenvalue weighted by atomic mass is 35.5. The van der Waals surface area contributed by atoms with Crippen LogP contribution in [-0.4, -0.2) is 46.3 Å². The summed E-state index contributed by atoms with van der Waals surface area (Å²) in [5.74, 6) is 0.709. The van der Waals surface area contributed by atoms with E-state index in [4.69, 9.17) is 16.3 Å². The zero-order valence-corrected chi connectivity index (χ0v) is 18.1. The first-order chi connectivity index (χ1) is 14.0. The molecule has 0 saturated heterocycles. The van der Waals surface area contributed by atoms with Crippen LogP contribution >= 0.6 is 23.4 Å². The van der Waals surface area contributed by atoms with Gasteiger partial charge in [-0.1, -0.05) is 35.5 Å². The molecule has 3 aromatic rings. The van der Waals surface area contributed by atoms with Crippen LogP contribution in [0.15, 0.2) is 52.4 Å². The Kier molecular flexibility index (Phi) is 6.82. The molecule has 0 bridgehead atoms. The molecule has 1 heterocycles. The molecule has 0 aliphatic heterocycles. The molecule has 6 nitrogen and oxygen atoms in total. The van der Waals surface area contributed by atoms with Crippen LogP contribution in [0.4, 0.5) is 0 Å². The minimum Gasteiger partial charge on any atom is -0.495 e. The molecule has 0 N–H and O–H groups in total. The maximum Gasteiger partial charge on any atom is 0.266 e. The molecule has 0 spiro atoms. The van der Waals surface area contributed by atoms with Crippen molar-refractivity contribution < 1.29 is 9.53 Å². The second-order valence-electron chi connectivity index (χ2n) is 6.23. The molecule has 0 saturated carbocycles. The summed E-state index contributed by atoms with van der Waals surface area (Å²) in [6.45, 7) is 5.16. The lowest BCUT2D eigenvalue weighted by Crippen LogP contribution is -2.32. The summed E-state index contributed by atoms with van der Waals surface area (Å²) < 4.78 is 6.70. The predicted molar refractivity (Wildman–Crippen MR) is 118 cm³/mol. The van der Waals surface area contributed by atoms with E-state index in [1.54, 1.807) is 41.3 Å². The van der Waals surface area contributed by atoms with E-state index in [1.807, 2.05) is 19.9 Å². The summed E-state index contributed by atoms with van der Waals surface area (Å²) in [5.41, 5.74) is 0.942. The van der Waals surface area contributed by atoms with Gasteiger partial charge < -0.3 is 9.64 Å². The van der Waals surface area contributed by atoms with Gasteiger partial charge in [0, 0.05) is 13.1 Å². The van der Waals surface area contributed by atoms with Crippen LogP contribution < -0.4 is 10.3 Å². The summed E-state index contributed by atoms with van der Waals surface area (Å²) in [6.07, 6.45) is 0. The molecule has 2 aromatic carbocycles. The Morgan fingerprint density at radius 3 is 2.59 bits per heavy atom. The number of rotatable bonds is 7. The lowest BCUT2D eigenvalue weighted by atomic mass is 10.2. The number of fused-ring (bicyclic) bond motifs is 1. The molecule has 8 heteroatoms. The average molecular weight is 432 g/mol. The lowest BCUT2D eigenvalue weighted by Gasteiger charge is -2.19. The lowest BCUT2D eigenvalue weighted by molar-refractivity contribution is -0.127.